The summed E-state index contributed by atoms with van der Waals surface area (Å²) in [6, 6.07) is 8.75. The number of hydrogen-bond acceptors (Lipinski definition) is 8. The van der Waals surface area contributed by atoms with Crippen molar-refractivity contribution in [2.24, 2.45) is 4.99 Å². The van der Waals surface area contributed by atoms with Gasteiger partial charge in [0.15, 0.2) is 5.83 Å². The number of rotatable bonds is 5. The lowest BCUT2D eigenvalue weighted by molar-refractivity contribution is -0.0233. The van der Waals surface area contributed by atoms with Crippen LogP contribution in [-0.4, -0.2) is 83.3 Å². The molecule has 0 aromatic heterocycles. The molecule has 2 saturated heterocycles. The maximum absolute atomic E-state index is 16.0. The van der Waals surface area contributed by atoms with E-state index in [4.69, 9.17) is 11.8 Å². The Labute approximate surface area is 218 Å². The average molecular weight is 542 g/mol. The lowest BCUT2D eigenvalue weighted by Gasteiger charge is -2.55. The third kappa shape index (κ3) is 4.77. The van der Waals surface area contributed by atoms with Crippen molar-refractivity contribution in [1.82, 2.24) is 24.3 Å². The van der Waals surface area contributed by atoms with Crippen LogP contribution < -0.4 is 16.0 Å². The maximum atomic E-state index is 16.0. The summed E-state index contributed by atoms with van der Waals surface area (Å²) in [5.74, 6) is -0.953. The molecule has 3 aliphatic rings. The molecule has 0 aliphatic carbocycles. The van der Waals surface area contributed by atoms with E-state index in [1.54, 1.807) is 12.1 Å². The molecule has 0 amide bonds. The Hall–Kier alpha value is -1.76. The van der Waals surface area contributed by atoms with Crippen molar-refractivity contribution in [1.29, 1.82) is 0 Å². The predicted molar refractivity (Wildman–Crippen MR) is 143 cm³/mol. The summed E-state index contributed by atoms with van der Waals surface area (Å²) in [7, 11) is -2.30. The molecule has 200 valence electrons. The van der Waals surface area contributed by atoms with E-state index in [0.717, 1.165) is 10.6 Å². The molecule has 9 nitrogen and oxygen atoms in total. The first-order valence-electron chi connectivity index (χ1n) is 12.3. The van der Waals surface area contributed by atoms with Gasteiger partial charge in [0, 0.05) is 60.8 Å². The molecule has 3 heterocycles. The largest absolute Gasteiger partial charge is 0.325 e. The van der Waals surface area contributed by atoms with Crippen molar-refractivity contribution in [2.45, 2.75) is 62.7 Å². The molecule has 12 heteroatoms. The van der Waals surface area contributed by atoms with Gasteiger partial charge in [0.25, 0.3) is 15.0 Å². The van der Waals surface area contributed by atoms with Crippen molar-refractivity contribution in [3.8, 4) is 0 Å². The van der Waals surface area contributed by atoms with E-state index in [0.29, 0.717) is 31.6 Å². The van der Waals surface area contributed by atoms with Crippen LogP contribution in [0.3, 0.4) is 0 Å². The molecule has 0 bridgehead atoms. The van der Waals surface area contributed by atoms with Gasteiger partial charge in [-0.05, 0) is 59.7 Å². The molecule has 36 heavy (non-hydrogen) atoms. The van der Waals surface area contributed by atoms with Crippen LogP contribution in [0, 0.1) is 0 Å². The highest BCUT2D eigenvalue weighted by atomic mass is 35.5. The van der Waals surface area contributed by atoms with Gasteiger partial charge in [-0.1, -0.05) is 18.2 Å². The van der Waals surface area contributed by atoms with Crippen LogP contribution in [0.5, 0.6) is 0 Å². The van der Waals surface area contributed by atoms with Gasteiger partial charge in [-0.25, -0.2) is 22.2 Å². The number of sulfonamides is 1. The second-order valence-electron chi connectivity index (χ2n) is 10.9. The van der Waals surface area contributed by atoms with Crippen molar-refractivity contribution in [3.05, 3.63) is 42.4 Å². The van der Waals surface area contributed by atoms with Gasteiger partial charge in [0.2, 0.25) is 5.96 Å². The first-order chi connectivity index (χ1) is 16.8. The van der Waals surface area contributed by atoms with Crippen LogP contribution >= 0.6 is 11.8 Å². The first-order valence-corrected chi connectivity index (χ1v) is 14.0. The number of aliphatic imine (C=N–C) groups is 1. The third-order valence-electron chi connectivity index (χ3n) is 7.61. The quantitative estimate of drug-likeness (QED) is 0.494. The topological polar surface area (TPSA) is 92.3 Å². The molecule has 0 saturated carbocycles. The highest BCUT2D eigenvalue weighted by Gasteiger charge is 2.60. The minimum Gasteiger partial charge on any atom is -0.325 e. The fourth-order valence-electron chi connectivity index (χ4n) is 5.48. The van der Waals surface area contributed by atoms with E-state index in [1.165, 1.54) is 4.31 Å². The number of likely N-dealkylation sites (tertiary alicyclic amines) is 1. The summed E-state index contributed by atoms with van der Waals surface area (Å²) in [4.78, 5) is 4.04. The highest BCUT2D eigenvalue weighted by Crippen LogP contribution is 2.42. The maximum Gasteiger partial charge on any atom is 0.281 e. The number of guanidine groups is 1. The molecule has 1 aromatic carbocycles. The first kappa shape index (κ1) is 27.3. The van der Waals surface area contributed by atoms with Crippen LogP contribution in [0.4, 0.5) is 10.1 Å². The molecule has 3 aliphatic heterocycles. The molecule has 4 rings (SSSR count). The van der Waals surface area contributed by atoms with Gasteiger partial charge in [-0.2, -0.15) is 4.31 Å². The number of benzene rings is 1. The SMILES string of the molecule is CN1C(C)(C)CC(NC2(S(=O)(=O)N3CCNCC3)C(F)=CN=C(Nc3ccccc3)N2Cl)CC1(C)C. The molecule has 1 unspecified atom stereocenters. The monoisotopic (exact) mass is 541 g/mol. The van der Waals surface area contributed by atoms with E-state index in [-0.39, 0.29) is 36.2 Å². The molecule has 3 N–H and O–H groups in total. The number of halogens is 2. The smallest absolute Gasteiger partial charge is 0.281 e. The predicted octanol–water partition coefficient (Wildman–Crippen LogP) is 2.86. The summed E-state index contributed by atoms with van der Waals surface area (Å²) < 4.78 is 46.8. The zero-order chi connectivity index (χ0) is 26.4. The Kier molecular flexibility index (Phi) is 7.46. The minimum atomic E-state index is -4.36. The standard InChI is InChI=1S/C24H37ClFN7O2S/c1-22(2)15-19(16-23(3,4)31(22)5)30-24(36(34,35)32-13-11-27-12-14-32)20(26)17-28-21(33(24)25)29-18-9-7-6-8-10-18/h6-10,17,19,27,30H,11-16H2,1-5H3,(H,28,29). The number of piperidine rings is 1. The Balaban J connectivity index is 1.77. The lowest BCUT2D eigenvalue weighted by Crippen LogP contribution is -2.73. The average Bonchev–Trinajstić information content (AvgIpc) is 2.83. The fraction of sp³-hybridized carbons (Fsp3) is 0.625. The van der Waals surface area contributed by atoms with E-state index in [9.17, 15) is 8.42 Å². The molecule has 2 fully saturated rings. The number of hydrogen-bond donors (Lipinski definition) is 3. The highest BCUT2D eigenvalue weighted by molar-refractivity contribution is 7.90. The molecule has 0 spiro atoms. The van der Waals surface area contributed by atoms with Crippen LogP contribution in [0.25, 0.3) is 0 Å². The summed E-state index contributed by atoms with van der Waals surface area (Å²) in [5.41, 5.74) is 0.127. The van der Waals surface area contributed by atoms with Gasteiger partial charge < -0.3 is 10.6 Å². The van der Waals surface area contributed by atoms with Gasteiger partial charge in [0.1, 0.15) is 0 Å². The Morgan fingerprint density at radius 3 is 2.25 bits per heavy atom. The number of nitrogens with one attached hydrogen (secondary N) is 3. The van der Waals surface area contributed by atoms with Gasteiger partial charge in [-0.3, -0.25) is 10.2 Å². The van der Waals surface area contributed by atoms with E-state index in [1.807, 2.05) is 18.2 Å². The van der Waals surface area contributed by atoms with Crippen LogP contribution in [-0.2, 0) is 10.0 Å². The second-order valence-corrected chi connectivity index (χ2v) is 13.3. The Bertz CT molecular complexity index is 1100. The zero-order valence-electron chi connectivity index (χ0n) is 21.6. The van der Waals surface area contributed by atoms with Crippen molar-refractivity contribution >= 4 is 33.4 Å². The number of anilines is 1. The van der Waals surface area contributed by atoms with E-state index >= 15 is 4.39 Å². The van der Waals surface area contributed by atoms with Crippen molar-refractivity contribution in [3.63, 3.8) is 0 Å². The second kappa shape index (κ2) is 9.85. The van der Waals surface area contributed by atoms with Gasteiger partial charge >= 0.3 is 0 Å². The summed E-state index contributed by atoms with van der Waals surface area (Å²) in [6.45, 7) is 9.80. The summed E-state index contributed by atoms with van der Waals surface area (Å²) in [5, 5.41) is 9.41. The van der Waals surface area contributed by atoms with E-state index < -0.39 is 20.8 Å². The number of para-hydroxylation sites is 1. The van der Waals surface area contributed by atoms with Crippen molar-refractivity contribution < 1.29 is 12.8 Å². The van der Waals surface area contributed by atoms with Crippen LogP contribution in [0.15, 0.2) is 47.4 Å². The lowest BCUT2D eigenvalue weighted by atomic mass is 9.77. The zero-order valence-corrected chi connectivity index (χ0v) is 23.1. The van der Waals surface area contributed by atoms with E-state index in [2.05, 4.69) is 60.6 Å². The van der Waals surface area contributed by atoms with Gasteiger partial charge in [-0.15, -0.1) is 0 Å². The third-order valence-corrected chi connectivity index (χ3v) is 10.4. The number of piperazine rings is 1. The van der Waals surface area contributed by atoms with Gasteiger partial charge in [0.05, 0.1) is 6.20 Å². The minimum absolute atomic E-state index is 0.0157. The fourth-order valence-corrected chi connectivity index (χ4v) is 7.89. The van der Waals surface area contributed by atoms with Crippen molar-refractivity contribution in [2.75, 3.05) is 38.5 Å². The van der Waals surface area contributed by atoms with Crippen LogP contribution in [0.1, 0.15) is 40.5 Å². The normalized spacial score (nSPS) is 27.9. The Morgan fingerprint density at radius 1 is 1.08 bits per heavy atom. The molecule has 1 aromatic rings. The summed E-state index contributed by atoms with van der Waals surface area (Å²) in [6.07, 6.45) is 2.15. The Morgan fingerprint density at radius 2 is 1.67 bits per heavy atom. The van der Waals surface area contributed by atoms with Crippen LogP contribution in [0.2, 0.25) is 0 Å². The number of nitrogens with zero attached hydrogens (tertiary/aromatic N) is 4. The molecular weight excluding hydrogens is 505 g/mol. The summed E-state index contributed by atoms with van der Waals surface area (Å²) >= 11 is 6.81. The molecular formula is C24H37ClFN7O2S. The molecule has 0 radical (unpaired) electrons. The molecule has 1 atom stereocenters.